The third-order valence-corrected chi connectivity index (χ3v) is 8.04. The maximum absolute atomic E-state index is 13.0. The second kappa shape index (κ2) is 8.11. The Hall–Kier alpha value is -1.47. The molecule has 0 radical (unpaired) electrons. The number of hydrogen-bond donors (Lipinski definition) is 1. The molecule has 2 fully saturated rings. The molecule has 2 aliphatic heterocycles. The van der Waals surface area contributed by atoms with Crippen LogP contribution in [0.5, 0.6) is 0 Å². The smallest absolute Gasteiger partial charge is 0.275 e. The lowest BCUT2D eigenvalue weighted by Gasteiger charge is -2.47. The lowest BCUT2D eigenvalue weighted by Crippen LogP contribution is -2.53. The largest absolute Gasteiger partial charge is 0.381 e. The SMILES string of the molecule is O=S(=O)(O)C1(C2CCCOC2)C=CC=C(C2CCCOC2)C1c1ccccc1. The summed E-state index contributed by atoms with van der Waals surface area (Å²) >= 11 is 0. The standard InChI is InChI=1S/C22H28O5S/c23-28(24,25)22(19-10-6-14-27-16-19)12-4-11-20(18-9-5-13-26-15-18)21(22)17-7-2-1-3-8-17/h1-4,7-8,11-12,18-19,21H,5-6,9-10,13-16H2,(H,23,24,25). The average molecular weight is 405 g/mol. The topological polar surface area (TPSA) is 72.8 Å². The molecule has 2 heterocycles. The molecule has 4 rings (SSSR count). The molecular weight excluding hydrogens is 376 g/mol. The van der Waals surface area contributed by atoms with Gasteiger partial charge < -0.3 is 9.47 Å². The Labute approximate surface area is 167 Å². The molecule has 4 atom stereocenters. The molecule has 1 aromatic carbocycles. The van der Waals surface area contributed by atoms with Gasteiger partial charge in [0.1, 0.15) is 4.75 Å². The van der Waals surface area contributed by atoms with Crippen LogP contribution < -0.4 is 0 Å². The molecule has 152 valence electrons. The molecule has 0 amide bonds. The van der Waals surface area contributed by atoms with Crippen LogP contribution in [0.15, 0.2) is 54.1 Å². The van der Waals surface area contributed by atoms with Crippen molar-refractivity contribution in [2.24, 2.45) is 11.8 Å². The van der Waals surface area contributed by atoms with Gasteiger partial charge in [-0.3, -0.25) is 4.55 Å². The van der Waals surface area contributed by atoms with Crippen molar-refractivity contribution in [2.45, 2.75) is 36.3 Å². The molecule has 0 spiro atoms. The summed E-state index contributed by atoms with van der Waals surface area (Å²) in [5.41, 5.74) is 1.95. The monoisotopic (exact) mass is 404 g/mol. The van der Waals surface area contributed by atoms with Crippen LogP contribution in [0.3, 0.4) is 0 Å². The molecule has 28 heavy (non-hydrogen) atoms. The molecule has 1 aromatic rings. The van der Waals surface area contributed by atoms with Gasteiger partial charge in [0.15, 0.2) is 0 Å². The van der Waals surface area contributed by atoms with Crippen molar-refractivity contribution < 1.29 is 22.4 Å². The van der Waals surface area contributed by atoms with E-state index in [9.17, 15) is 13.0 Å². The molecule has 0 bridgehead atoms. The maximum Gasteiger partial charge on any atom is 0.275 e. The first-order chi connectivity index (χ1) is 13.5. The second-order valence-electron chi connectivity index (χ2n) is 8.03. The van der Waals surface area contributed by atoms with Gasteiger partial charge >= 0.3 is 0 Å². The third-order valence-electron chi connectivity index (χ3n) is 6.44. The van der Waals surface area contributed by atoms with Gasteiger partial charge in [0.2, 0.25) is 0 Å². The van der Waals surface area contributed by atoms with E-state index in [4.69, 9.17) is 9.47 Å². The Morgan fingerprint density at radius 2 is 1.71 bits per heavy atom. The fraction of sp³-hybridized carbons (Fsp3) is 0.545. The first kappa shape index (κ1) is 19.8. The zero-order valence-electron chi connectivity index (χ0n) is 16.0. The number of rotatable bonds is 4. The van der Waals surface area contributed by atoms with Gasteiger partial charge in [0, 0.05) is 31.0 Å². The van der Waals surface area contributed by atoms with Crippen molar-refractivity contribution in [1.29, 1.82) is 0 Å². The summed E-state index contributed by atoms with van der Waals surface area (Å²) in [5, 5.41) is 0. The number of benzene rings is 1. The molecule has 1 aliphatic carbocycles. The number of ether oxygens (including phenoxy) is 2. The van der Waals surface area contributed by atoms with Gasteiger partial charge in [0.25, 0.3) is 10.1 Å². The van der Waals surface area contributed by atoms with Gasteiger partial charge in [-0.25, -0.2) is 0 Å². The highest BCUT2D eigenvalue weighted by atomic mass is 32.2. The van der Waals surface area contributed by atoms with E-state index in [1.807, 2.05) is 42.5 Å². The lowest BCUT2D eigenvalue weighted by molar-refractivity contribution is 0.0363. The van der Waals surface area contributed by atoms with Crippen molar-refractivity contribution in [2.75, 3.05) is 26.4 Å². The van der Waals surface area contributed by atoms with Crippen LogP contribution >= 0.6 is 0 Å². The molecule has 5 nitrogen and oxygen atoms in total. The molecule has 6 heteroatoms. The van der Waals surface area contributed by atoms with Gasteiger partial charge in [-0.15, -0.1) is 0 Å². The molecule has 0 saturated carbocycles. The van der Waals surface area contributed by atoms with E-state index in [2.05, 4.69) is 0 Å². The van der Waals surface area contributed by atoms with E-state index in [0.29, 0.717) is 26.2 Å². The highest BCUT2D eigenvalue weighted by Gasteiger charge is 2.56. The van der Waals surface area contributed by atoms with Crippen molar-refractivity contribution >= 4 is 10.1 Å². The molecule has 3 aliphatic rings. The average Bonchev–Trinajstić information content (AvgIpc) is 2.74. The Morgan fingerprint density at radius 3 is 2.32 bits per heavy atom. The first-order valence-electron chi connectivity index (χ1n) is 10.1. The fourth-order valence-corrected chi connectivity index (χ4v) is 6.58. The van der Waals surface area contributed by atoms with Crippen LogP contribution in [0, 0.1) is 11.8 Å². The predicted molar refractivity (Wildman–Crippen MR) is 108 cm³/mol. The van der Waals surface area contributed by atoms with E-state index < -0.39 is 20.8 Å². The van der Waals surface area contributed by atoms with Crippen LogP contribution in [-0.2, 0) is 19.6 Å². The van der Waals surface area contributed by atoms with E-state index >= 15 is 0 Å². The summed E-state index contributed by atoms with van der Waals surface area (Å²) in [4.78, 5) is 0. The molecule has 4 unspecified atom stereocenters. The summed E-state index contributed by atoms with van der Waals surface area (Å²) in [6.07, 6.45) is 8.97. The van der Waals surface area contributed by atoms with E-state index in [1.54, 1.807) is 6.08 Å². The summed E-state index contributed by atoms with van der Waals surface area (Å²) in [6, 6.07) is 9.70. The molecular formula is C22H28O5S. The van der Waals surface area contributed by atoms with E-state index in [-0.39, 0.29) is 11.8 Å². The Bertz CT molecular complexity index is 833. The van der Waals surface area contributed by atoms with Crippen molar-refractivity contribution in [1.82, 2.24) is 0 Å². The fourth-order valence-electron chi connectivity index (χ4n) is 5.15. The first-order valence-corrected chi connectivity index (χ1v) is 11.5. The molecule has 1 N–H and O–H groups in total. The van der Waals surface area contributed by atoms with Gasteiger partial charge in [-0.05, 0) is 31.2 Å². The molecule has 0 aromatic heterocycles. The number of hydrogen-bond acceptors (Lipinski definition) is 4. The van der Waals surface area contributed by atoms with Crippen molar-refractivity contribution in [3.63, 3.8) is 0 Å². The van der Waals surface area contributed by atoms with Crippen LogP contribution in [0.2, 0.25) is 0 Å². The van der Waals surface area contributed by atoms with Crippen LogP contribution in [0.25, 0.3) is 0 Å². The highest BCUT2D eigenvalue weighted by Crippen LogP contribution is 2.52. The summed E-state index contributed by atoms with van der Waals surface area (Å²) in [7, 11) is -4.40. The van der Waals surface area contributed by atoms with Gasteiger partial charge in [-0.2, -0.15) is 8.42 Å². The van der Waals surface area contributed by atoms with Crippen LogP contribution in [-0.4, -0.2) is 44.1 Å². The predicted octanol–water partition coefficient (Wildman–Crippen LogP) is 3.75. The zero-order valence-corrected chi connectivity index (χ0v) is 16.8. The number of allylic oxidation sites excluding steroid dienone is 2. The quantitative estimate of drug-likeness (QED) is 0.774. The Kier molecular flexibility index (Phi) is 5.74. The summed E-state index contributed by atoms with van der Waals surface area (Å²) in [6.45, 7) is 2.31. The van der Waals surface area contributed by atoms with Crippen molar-refractivity contribution in [3.8, 4) is 0 Å². The zero-order chi connectivity index (χ0) is 19.6. The minimum Gasteiger partial charge on any atom is -0.381 e. The second-order valence-corrected chi connectivity index (χ2v) is 9.68. The highest BCUT2D eigenvalue weighted by molar-refractivity contribution is 7.87. The maximum atomic E-state index is 13.0. The van der Waals surface area contributed by atoms with Crippen molar-refractivity contribution in [3.05, 3.63) is 59.7 Å². The molecule has 2 saturated heterocycles. The van der Waals surface area contributed by atoms with Crippen LogP contribution in [0.1, 0.15) is 37.2 Å². The van der Waals surface area contributed by atoms with E-state index in [0.717, 1.165) is 37.0 Å². The summed E-state index contributed by atoms with van der Waals surface area (Å²) < 4.78 is 46.6. The van der Waals surface area contributed by atoms with Gasteiger partial charge in [0.05, 0.1) is 13.2 Å². The summed E-state index contributed by atoms with van der Waals surface area (Å²) in [5.74, 6) is -0.604. The van der Waals surface area contributed by atoms with Gasteiger partial charge in [-0.1, -0.05) is 54.1 Å². The normalized spacial score (nSPS) is 34.0. The minimum atomic E-state index is -4.40. The Balaban J connectivity index is 1.88. The van der Waals surface area contributed by atoms with Crippen LogP contribution in [0.4, 0.5) is 0 Å². The Morgan fingerprint density at radius 1 is 1.00 bits per heavy atom. The minimum absolute atomic E-state index is 0.148. The third kappa shape index (κ3) is 3.47. The van der Waals surface area contributed by atoms with E-state index in [1.165, 1.54) is 0 Å². The lowest BCUT2D eigenvalue weighted by atomic mass is 9.66.